The van der Waals surface area contributed by atoms with E-state index in [1.807, 2.05) is 18.2 Å². The molecule has 20 heavy (non-hydrogen) atoms. The van der Waals surface area contributed by atoms with E-state index >= 15 is 0 Å². The van der Waals surface area contributed by atoms with Gasteiger partial charge in [0, 0.05) is 15.3 Å². The van der Waals surface area contributed by atoms with Crippen molar-refractivity contribution in [2.24, 2.45) is 0 Å². The van der Waals surface area contributed by atoms with Crippen molar-refractivity contribution in [2.75, 3.05) is 12.4 Å². The van der Waals surface area contributed by atoms with Crippen LogP contribution in [0.5, 0.6) is 5.75 Å². The third kappa shape index (κ3) is 3.73. The van der Waals surface area contributed by atoms with Gasteiger partial charge in [-0.1, -0.05) is 36.7 Å². The van der Waals surface area contributed by atoms with Crippen molar-refractivity contribution in [3.8, 4) is 5.75 Å². The first kappa shape index (κ1) is 15.3. The number of aromatic nitrogens is 1. The van der Waals surface area contributed by atoms with Gasteiger partial charge in [-0.05, 0) is 18.2 Å². The summed E-state index contributed by atoms with van der Waals surface area (Å²) in [6, 6.07) is 5.91. The Labute approximate surface area is 132 Å². The quantitative estimate of drug-likeness (QED) is 0.854. The van der Waals surface area contributed by atoms with Gasteiger partial charge in [-0.2, -0.15) is 0 Å². The molecule has 0 aliphatic rings. The summed E-state index contributed by atoms with van der Waals surface area (Å²) < 4.78 is 6.37. The van der Waals surface area contributed by atoms with Gasteiger partial charge in [-0.15, -0.1) is 11.3 Å². The molecule has 1 N–H and O–H groups in total. The van der Waals surface area contributed by atoms with Crippen molar-refractivity contribution in [1.82, 2.24) is 4.98 Å². The molecule has 5 heteroatoms. The molecule has 0 saturated carbocycles. The molecule has 0 radical (unpaired) electrons. The number of thiazole rings is 1. The van der Waals surface area contributed by atoms with E-state index in [4.69, 9.17) is 4.74 Å². The molecule has 0 amide bonds. The third-order valence-corrected chi connectivity index (χ3v) is 4.62. The van der Waals surface area contributed by atoms with E-state index in [0.717, 1.165) is 26.6 Å². The first-order valence-corrected chi connectivity index (χ1v) is 8.09. The third-order valence-electron chi connectivity index (χ3n) is 2.81. The standard InChI is InChI=1S/C15H19BrN2OS/c1-15(2,3)14-18-11(9-20-14)8-17-12-7-10(16)5-6-13(12)19-4/h5-7,9,17H,8H2,1-4H3. The molecule has 1 heterocycles. The monoisotopic (exact) mass is 354 g/mol. The molecule has 1 aromatic heterocycles. The summed E-state index contributed by atoms with van der Waals surface area (Å²) in [4.78, 5) is 4.68. The van der Waals surface area contributed by atoms with E-state index in [2.05, 4.69) is 52.4 Å². The van der Waals surface area contributed by atoms with Gasteiger partial charge in [0.1, 0.15) is 5.75 Å². The van der Waals surface area contributed by atoms with Crippen molar-refractivity contribution in [3.63, 3.8) is 0 Å². The molecule has 0 saturated heterocycles. The van der Waals surface area contributed by atoms with Crippen molar-refractivity contribution in [2.45, 2.75) is 32.7 Å². The summed E-state index contributed by atoms with van der Waals surface area (Å²) in [5.74, 6) is 0.833. The smallest absolute Gasteiger partial charge is 0.142 e. The maximum Gasteiger partial charge on any atom is 0.142 e. The summed E-state index contributed by atoms with van der Waals surface area (Å²) in [6.07, 6.45) is 0. The molecule has 108 valence electrons. The lowest BCUT2D eigenvalue weighted by Gasteiger charge is -2.14. The molecular weight excluding hydrogens is 336 g/mol. The molecule has 2 rings (SSSR count). The number of ether oxygens (including phenoxy) is 1. The predicted molar refractivity (Wildman–Crippen MR) is 88.8 cm³/mol. The zero-order chi connectivity index (χ0) is 14.8. The highest BCUT2D eigenvalue weighted by atomic mass is 79.9. The minimum atomic E-state index is 0.108. The van der Waals surface area contributed by atoms with Crippen LogP contribution >= 0.6 is 27.3 Å². The van der Waals surface area contributed by atoms with Gasteiger partial charge in [0.15, 0.2) is 0 Å². The van der Waals surface area contributed by atoms with Crippen LogP contribution in [0, 0.1) is 0 Å². The molecule has 1 aromatic carbocycles. The topological polar surface area (TPSA) is 34.1 Å². The van der Waals surface area contributed by atoms with Crippen LogP contribution in [0.2, 0.25) is 0 Å². The Kier molecular flexibility index (Phi) is 4.70. The molecule has 0 atom stereocenters. The largest absolute Gasteiger partial charge is 0.495 e. The normalized spacial score (nSPS) is 11.4. The Hall–Kier alpha value is -1.07. The fourth-order valence-corrected chi connectivity index (χ4v) is 3.01. The van der Waals surface area contributed by atoms with E-state index in [0.29, 0.717) is 6.54 Å². The number of nitrogens with one attached hydrogen (secondary N) is 1. The summed E-state index contributed by atoms with van der Waals surface area (Å²) in [6.45, 7) is 7.24. The fraction of sp³-hybridized carbons (Fsp3) is 0.400. The van der Waals surface area contributed by atoms with Crippen LogP contribution in [0.25, 0.3) is 0 Å². The van der Waals surface area contributed by atoms with Crippen LogP contribution in [0.3, 0.4) is 0 Å². The van der Waals surface area contributed by atoms with Crippen LogP contribution in [0.1, 0.15) is 31.5 Å². The van der Waals surface area contributed by atoms with Crippen molar-refractivity contribution in [1.29, 1.82) is 0 Å². The lowest BCUT2D eigenvalue weighted by Crippen LogP contribution is -2.11. The molecule has 0 unspecified atom stereocenters. The zero-order valence-electron chi connectivity index (χ0n) is 12.2. The highest BCUT2D eigenvalue weighted by Crippen LogP contribution is 2.29. The van der Waals surface area contributed by atoms with Crippen LogP contribution in [0.4, 0.5) is 5.69 Å². The average Bonchev–Trinajstić information content (AvgIpc) is 2.85. The summed E-state index contributed by atoms with van der Waals surface area (Å²) in [7, 11) is 1.68. The number of methoxy groups -OCH3 is 1. The van der Waals surface area contributed by atoms with E-state index in [-0.39, 0.29) is 5.41 Å². The number of anilines is 1. The molecule has 0 bridgehead atoms. The van der Waals surface area contributed by atoms with Crippen molar-refractivity contribution in [3.05, 3.63) is 38.8 Å². The van der Waals surface area contributed by atoms with Gasteiger partial charge in [0.2, 0.25) is 0 Å². The molecule has 0 aliphatic heterocycles. The molecular formula is C15H19BrN2OS. The SMILES string of the molecule is COc1ccc(Br)cc1NCc1csc(C(C)(C)C)n1. The van der Waals surface area contributed by atoms with E-state index < -0.39 is 0 Å². The Morgan fingerprint density at radius 3 is 2.70 bits per heavy atom. The van der Waals surface area contributed by atoms with Gasteiger partial charge >= 0.3 is 0 Å². The molecule has 0 spiro atoms. The Morgan fingerprint density at radius 1 is 1.35 bits per heavy atom. The van der Waals surface area contributed by atoms with Crippen LogP contribution in [-0.4, -0.2) is 12.1 Å². The Balaban J connectivity index is 2.09. The molecule has 0 aliphatic carbocycles. The second kappa shape index (κ2) is 6.14. The van der Waals surface area contributed by atoms with Crippen LogP contribution in [-0.2, 0) is 12.0 Å². The first-order valence-electron chi connectivity index (χ1n) is 6.42. The second-order valence-corrected chi connectivity index (χ2v) is 7.37. The lowest BCUT2D eigenvalue weighted by molar-refractivity contribution is 0.416. The minimum Gasteiger partial charge on any atom is -0.495 e. The number of benzene rings is 1. The number of nitrogens with zero attached hydrogens (tertiary/aromatic N) is 1. The first-order chi connectivity index (χ1) is 9.40. The minimum absolute atomic E-state index is 0.108. The number of hydrogen-bond acceptors (Lipinski definition) is 4. The fourth-order valence-electron chi connectivity index (χ4n) is 1.74. The van der Waals surface area contributed by atoms with Crippen molar-refractivity contribution < 1.29 is 4.74 Å². The van der Waals surface area contributed by atoms with E-state index in [1.54, 1.807) is 18.4 Å². The summed E-state index contributed by atoms with van der Waals surface area (Å²) >= 11 is 5.19. The van der Waals surface area contributed by atoms with Gasteiger partial charge in [-0.3, -0.25) is 0 Å². The average molecular weight is 355 g/mol. The van der Waals surface area contributed by atoms with E-state index in [9.17, 15) is 0 Å². The maximum atomic E-state index is 5.35. The molecule has 0 fully saturated rings. The maximum absolute atomic E-state index is 5.35. The predicted octanol–water partition coefficient (Wildman–Crippen LogP) is 4.82. The highest BCUT2D eigenvalue weighted by molar-refractivity contribution is 9.10. The zero-order valence-corrected chi connectivity index (χ0v) is 14.6. The van der Waals surface area contributed by atoms with Crippen LogP contribution < -0.4 is 10.1 Å². The van der Waals surface area contributed by atoms with Crippen LogP contribution in [0.15, 0.2) is 28.1 Å². The van der Waals surface area contributed by atoms with Gasteiger partial charge in [0.05, 0.1) is 30.0 Å². The Morgan fingerprint density at radius 2 is 2.10 bits per heavy atom. The number of hydrogen-bond donors (Lipinski definition) is 1. The Bertz CT molecular complexity index is 590. The summed E-state index contributed by atoms with van der Waals surface area (Å²) in [5, 5.41) is 6.65. The lowest BCUT2D eigenvalue weighted by atomic mass is 9.98. The van der Waals surface area contributed by atoms with E-state index in [1.165, 1.54) is 0 Å². The number of rotatable bonds is 4. The molecule has 3 nitrogen and oxygen atoms in total. The molecule has 2 aromatic rings. The second-order valence-electron chi connectivity index (χ2n) is 5.59. The van der Waals surface area contributed by atoms with Gasteiger partial charge in [0.25, 0.3) is 0 Å². The number of halogens is 1. The van der Waals surface area contributed by atoms with Gasteiger partial charge < -0.3 is 10.1 Å². The van der Waals surface area contributed by atoms with Crippen molar-refractivity contribution >= 4 is 33.0 Å². The van der Waals surface area contributed by atoms with Gasteiger partial charge in [-0.25, -0.2) is 4.98 Å². The highest BCUT2D eigenvalue weighted by Gasteiger charge is 2.17. The summed E-state index contributed by atoms with van der Waals surface area (Å²) in [5.41, 5.74) is 2.13.